The largest absolute Gasteiger partial charge is 0.288 e. The van der Waals surface area contributed by atoms with E-state index in [1.54, 1.807) is 27.7 Å². The molecule has 2 aliphatic rings. The molecule has 0 spiro atoms. The van der Waals surface area contributed by atoms with Gasteiger partial charge in [0, 0.05) is 11.1 Å². The topological polar surface area (TPSA) is 85.3 Å². The zero-order valence-electron chi connectivity index (χ0n) is 22.5. The Hall–Kier alpha value is -2.77. The molecule has 190 valence electrons. The molecule has 0 bridgehead atoms. The Bertz CT molecular complexity index is 1740. The van der Waals surface area contributed by atoms with Crippen molar-refractivity contribution in [2.45, 2.75) is 79.0 Å². The molecule has 36 heavy (non-hydrogen) atoms. The van der Waals surface area contributed by atoms with E-state index in [1.165, 1.54) is 12.2 Å². The van der Waals surface area contributed by atoms with Gasteiger partial charge in [0.15, 0.2) is 0 Å². The van der Waals surface area contributed by atoms with E-state index < -0.39 is 25.5 Å². The third kappa shape index (κ3) is 3.28. The van der Waals surface area contributed by atoms with Crippen LogP contribution in [0.2, 0.25) is 0 Å². The van der Waals surface area contributed by atoms with Gasteiger partial charge in [0.1, 0.15) is 4.91 Å². The van der Waals surface area contributed by atoms with E-state index in [0.29, 0.717) is 27.2 Å². The number of benzene rings is 2. The molecule has 0 aliphatic carbocycles. The summed E-state index contributed by atoms with van der Waals surface area (Å²) in [5.41, 5.74) is 8.61. The normalized spacial score (nSPS) is 19.3. The van der Waals surface area contributed by atoms with E-state index in [-0.39, 0.29) is 20.3 Å². The number of allylic oxidation sites excluding steroid dienone is 5. The van der Waals surface area contributed by atoms with Crippen molar-refractivity contribution in [3.8, 4) is 0 Å². The van der Waals surface area contributed by atoms with E-state index in [9.17, 15) is 21.6 Å². The summed E-state index contributed by atoms with van der Waals surface area (Å²) >= 11 is 0. The standard InChI is InChI=1S/C29H32O5S2/c1-13(11-23-22(10)25-18(6)14(2)16(4)20(8)28(25)35(23,31)32)12-24-27(30)26-19(7)15(3)17(5)21(9)29(26)36(24,33)34/h11-12H,1-10H3/b13-11+,24-12-. The molecule has 5 nitrogen and oxygen atoms in total. The van der Waals surface area contributed by atoms with Crippen molar-refractivity contribution in [1.82, 2.24) is 0 Å². The van der Waals surface area contributed by atoms with Crippen molar-refractivity contribution in [3.63, 3.8) is 0 Å². The molecular formula is C29H32O5S2. The first-order valence-corrected chi connectivity index (χ1v) is 14.8. The molecule has 0 atom stereocenters. The van der Waals surface area contributed by atoms with Crippen LogP contribution in [0, 0.1) is 55.4 Å². The maximum Gasteiger partial charge on any atom is 0.211 e. The van der Waals surface area contributed by atoms with Crippen LogP contribution in [0.15, 0.2) is 37.3 Å². The number of hydrogen-bond donors (Lipinski definition) is 0. The molecule has 0 unspecified atom stereocenters. The Labute approximate surface area is 214 Å². The predicted molar refractivity (Wildman–Crippen MR) is 144 cm³/mol. The lowest BCUT2D eigenvalue weighted by Gasteiger charge is -2.15. The monoisotopic (exact) mass is 524 g/mol. The minimum Gasteiger partial charge on any atom is -0.288 e. The Morgan fingerprint density at radius 1 is 0.583 bits per heavy atom. The van der Waals surface area contributed by atoms with Crippen molar-refractivity contribution < 1.29 is 21.6 Å². The van der Waals surface area contributed by atoms with Crippen molar-refractivity contribution >= 4 is 31.0 Å². The average molecular weight is 525 g/mol. The summed E-state index contributed by atoms with van der Waals surface area (Å²) in [6.45, 7) is 18.3. The van der Waals surface area contributed by atoms with E-state index >= 15 is 0 Å². The van der Waals surface area contributed by atoms with Crippen LogP contribution in [0.1, 0.15) is 74.3 Å². The van der Waals surface area contributed by atoms with Gasteiger partial charge in [-0.15, -0.1) is 0 Å². The van der Waals surface area contributed by atoms with Crippen molar-refractivity contribution in [3.05, 3.63) is 83.2 Å². The second-order valence-electron chi connectivity index (χ2n) is 10.1. The summed E-state index contributed by atoms with van der Waals surface area (Å²) in [6.07, 6.45) is 2.80. The predicted octanol–water partition coefficient (Wildman–Crippen LogP) is 6.17. The molecule has 4 rings (SSSR count). The molecule has 2 heterocycles. The van der Waals surface area contributed by atoms with E-state index in [2.05, 4.69) is 0 Å². The lowest BCUT2D eigenvalue weighted by Crippen LogP contribution is -2.06. The van der Waals surface area contributed by atoms with Gasteiger partial charge in [-0.3, -0.25) is 4.79 Å². The van der Waals surface area contributed by atoms with Crippen molar-refractivity contribution in [1.29, 1.82) is 0 Å². The molecule has 7 heteroatoms. The number of rotatable bonds is 2. The van der Waals surface area contributed by atoms with Gasteiger partial charge < -0.3 is 0 Å². The molecule has 2 aromatic carbocycles. The first-order valence-electron chi connectivity index (χ1n) is 11.8. The van der Waals surface area contributed by atoms with Crippen LogP contribution in [0.5, 0.6) is 0 Å². The fourth-order valence-electron chi connectivity index (χ4n) is 5.53. The van der Waals surface area contributed by atoms with Crippen LogP contribution in [-0.2, 0) is 19.7 Å². The van der Waals surface area contributed by atoms with Crippen LogP contribution in [0.25, 0.3) is 5.57 Å². The van der Waals surface area contributed by atoms with Gasteiger partial charge in [-0.1, -0.05) is 0 Å². The van der Waals surface area contributed by atoms with Gasteiger partial charge in [0.2, 0.25) is 25.5 Å². The van der Waals surface area contributed by atoms with E-state index in [0.717, 1.165) is 38.9 Å². The number of Topliss-reactive ketones (excluding diaryl/α,β-unsaturated/α-hetero) is 1. The van der Waals surface area contributed by atoms with Crippen LogP contribution in [-0.4, -0.2) is 22.6 Å². The fourth-order valence-corrected chi connectivity index (χ4v) is 9.70. The van der Waals surface area contributed by atoms with Gasteiger partial charge in [-0.2, -0.15) is 0 Å². The van der Waals surface area contributed by atoms with Crippen molar-refractivity contribution in [2.24, 2.45) is 0 Å². The quantitative estimate of drug-likeness (QED) is 0.439. The second-order valence-corrected chi connectivity index (χ2v) is 13.8. The molecule has 0 aromatic heterocycles. The van der Waals surface area contributed by atoms with Crippen LogP contribution >= 0.6 is 0 Å². The summed E-state index contributed by atoms with van der Waals surface area (Å²) in [7, 11) is -7.83. The number of carbonyl (C=O) groups excluding carboxylic acids is 1. The minimum absolute atomic E-state index is 0.0700. The van der Waals surface area contributed by atoms with E-state index in [1.807, 2.05) is 41.5 Å². The molecule has 0 saturated heterocycles. The molecule has 2 aliphatic heterocycles. The maximum atomic E-state index is 13.6. The summed E-state index contributed by atoms with van der Waals surface area (Å²) in [5, 5.41) is 0. The molecule has 0 amide bonds. The smallest absolute Gasteiger partial charge is 0.211 e. The summed E-state index contributed by atoms with van der Waals surface area (Å²) in [4.78, 5) is 13.6. The summed E-state index contributed by atoms with van der Waals surface area (Å²) in [5.74, 6) is -0.539. The third-order valence-electron chi connectivity index (χ3n) is 8.29. The Kier molecular flexibility index (Phi) is 5.93. The summed E-state index contributed by atoms with van der Waals surface area (Å²) in [6, 6.07) is 0. The van der Waals surface area contributed by atoms with Gasteiger partial charge in [-0.25, -0.2) is 16.8 Å². The Morgan fingerprint density at radius 2 is 1.00 bits per heavy atom. The highest BCUT2D eigenvalue weighted by molar-refractivity contribution is 7.97. The number of fused-ring (bicyclic) bond motifs is 2. The first-order chi connectivity index (χ1) is 16.5. The molecule has 0 saturated carbocycles. The molecule has 2 aromatic rings. The number of sulfone groups is 2. The second kappa shape index (κ2) is 8.12. The molecule has 0 N–H and O–H groups in total. The number of ketones is 1. The highest BCUT2D eigenvalue weighted by Crippen LogP contribution is 2.46. The fraction of sp³-hybridized carbons (Fsp3) is 0.345. The van der Waals surface area contributed by atoms with Gasteiger partial charge in [0.25, 0.3) is 0 Å². The Balaban J connectivity index is 1.92. The minimum atomic E-state index is -4.03. The van der Waals surface area contributed by atoms with Gasteiger partial charge in [0.05, 0.1) is 14.7 Å². The van der Waals surface area contributed by atoms with Crippen molar-refractivity contribution in [2.75, 3.05) is 0 Å². The highest BCUT2D eigenvalue weighted by Gasteiger charge is 2.43. The lowest BCUT2D eigenvalue weighted by molar-refractivity contribution is 0.104. The zero-order chi connectivity index (χ0) is 27.2. The van der Waals surface area contributed by atoms with Gasteiger partial charge >= 0.3 is 0 Å². The zero-order valence-corrected chi connectivity index (χ0v) is 24.1. The Morgan fingerprint density at radius 3 is 1.50 bits per heavy atom. The SMILES string of the molecule is CC1=C(/C=C(C)/C=C2/C(=O)c3c(C)c(C)c(C)c(C)c3S2(=O)=O)S(=O)(=O)c2c(C)c(C)c(C)c(C)c21. The molecular weight excluding hydrogens is 492 g/mol. The average Bonchev–Trinajstić information content (AvgIpc) is 3.12. The van der Waals surface area contributed by atoms with Crippen LogP contribution < -0.4 is 0 Å². The molecule has 0 radical (unpaired) electrons. The van der Waals surface area contributed by atoms with Gasteiger partial charge in [-0.05, 0) is 137 Å². The summed E-state index contributed by atoms with van der Waals surface area (Å²) < 4.78 is 54.2. The number of hydrogen-bond acceptors (Lipinski definition) is 5. The lowest BCUT2D eigenvalue weighted by atomic mass is 9.91. The van der Waals surface area contributed by atoms with Crippen LogP contribution in [0.4, 0.5) is 0 Å². The number of carbonyl (C=O) groups is 1. The van der Waals surface area contributed by atoms with Crippen LogP contribution in [0.3, 0.4) is 0 Å². The van der Waals surface area contributed by atoms with E-state index in [4.69, 9.17) is 0 Å². The third-order valence-corrected chi connectivity index (χ3v) is 12.3. The first kappa shape index (κ1) is 26.3. The molecule has 0 fully saturated rings. The highest BCUT2D eigenvalue weighted by atomic mass is 32.2. The maximum absolute atomic E-state index is 13.6.